The largest absolute Gasteiger partial charge is 0.324 e. The first-order chi connectivity index (χ1) is 9.65. The molecule has 3 rings (SSSR count). The lowest BCUT2D eigenvalue weighted by Gasteiger charge is -2.27. The second-order valence-corrected chi connectivity index (χ2v) is 5.75. The number of rotatable bonds is 3. The van der Waals surface area contributed by atoms with Gasteiger partial charge >= 0.3 is 0 Å². The minimum Gasteiger partial charge on any atom is -0.324 e. The number of fused-ring (bicyclic) bond motifs is 1. The van der Waals surface area contributed by atoms with E-state index in [-0.39, 0.29) is 5.82 Å². The van der Waals surface area contributed by atoms with Crippen molar-refractivity contribution in [1.82, 2.24) is 19.8 Å². The third-order valence-electron chi connectivity index (χ3n) is 3.86. The van der Waals surface area contributed by atoms with E-state index in [1.54, 1.807) is 0 Å². The number of hydrogen-bond donors (Lipinski definition) is 1. The highest BCUT2D eigenvalue weighted by Crippen LogP contribution is 2.27. The number of piperidine rings is 1. The van der Waals surface area contributed by atoms with E-state index < -0.39 is 0 Å². The van der Waals surface area contributed by atoms with E-state index in [1.807, 2.05) is 20.2 Å². The van der Waals surface area contributed by atoms with Gasteiger partial charge in [0.25, 0.3) is 0 Å². The molecule has 0 spiro atoms. The summed E-state index contributed by atoms with van der Waals surface area (Å²) in [5, 5.41) is 3.39. The zero-order valence-electron chi connectivity index (χ0n) is 12.1. The SMILES string of the molecule is CN(C)Cc1nc2cc(F)ccc2n1C1CCNCC1. The maximum atomic E-state index is 13.4. The molecule has 0 saturated carbocycles. The maximum absolute atomic E-state index is 13.4. The van der Waals surface area contributed by atoms with Crippen molar-refractivity contribution < 1.29 is 4.39 Å². The summed E-state index contributed by atoms with van der Waals surface area (Å²) < 4.78 is 15.7. The van der Waals surface area contributed by atoms with Gasteiger partial charge in [-0.25, -0.2) is 9.37 Å². The van der Waals surface area contributed by atoms with Crippen LogP contribution in [-0.4, -0.2) is 41.6 Å². The molecular formula is C15H21FN4. The van der Waals surface area contributed by atoms with Gasteiger partial charge in [-0.2, -0.15) is 0 Å². The Hall–Kier alpha value is -1.46. The van der Waals surface area contributed by atoms with Crippen LogP contribution in [0.25, 0.3) is 11.0 Å². The molecule has 0 atom stereocenters. The van der Waals surface area contributed by atoms with E-state index in [1.165, 1.54) is 12.1 Å². The quantitative estimate of drug-likeness (QED) is 0.932. The van der Waals surface area contributed by atoms with Crippen LogP contribution in [0.15, 0.2) is 18.2 Å². The molecule has 1 aromatic carbocycles. The van der Waals surface area contributed by atoms with E-state index in [2.05, 4.69) is 19.8 Å². The number of benzene rings is 1. The van der Waals surface area contributed by atoms with Crippen LogP contribution < -0.4 is 5.32 Å². The van der Waals surface area contributed by atoms with Crippen molar-refractivity contribution in [3.05, 3.63) is 29.8 Å². The number of nitrogens with one attached hydrogen (secondary N) is 1. The van der Waals surface area contributed by atoms with Gasteiger partial charge < -0.3 is 14.8 Å². The van der Waals surface area contributed by atoms with Gasteiger partial charge in [0.2, 0.25) is 0 Å². The standard InChI is InChI=1S/C15H21FN4/c1-19(2)10-15-18-13-9-11(16)3-4-14(13)20(15)12-5-7-17-8-6-12/h3-4,9,12,17H,5-8,10H2,1-2H3. The van der Waals surface area contributed by atoms with Crippen molar-refractivity contribution in [2.75, 3.05) is 27.2 Å². The van der Waals surface area contributed by atoms with Crippen molar-refractivity contribution in [3.8, 4) is 0 Å². The van der Waals surface area contributed by atoms with Crippen molar-refractivity contribution in [2.45, 2.75) is 25.4 Å². The Morgan fingerprint density at radius 1 is 1.35 bits per heavy atom. The molecule has 20 heavy (non-hydrogen) atoms. The summed E-state index contributed by atoms with van der Waals surface area (Å²) in [6, 6.07) is 5.38. The normalized spacial score (nSPS) is 17.2. The van der Waals surface area contributed by atoms with E-state index in [0.717, 1.165) is 49.3 Å². The van der Waals surface area contributed by atoms with Crippen LogP contribution in [0, 0.1) is 5.82 Å². The molecule has 2 heterocycles. The number of aromatic nitrogens is 2. The third kappa shape index (κ3) is 2.55. The number of hydrogen-bond acceptors (Lipinski definition) is 3. The van der Waals surface area contributed by atoms with Crippen molar-refractivity contribution >= 4 is 11.0 Å². The Morgan fingerprint density at radius 2 is 2.10 bits per heavy atom. The van der Waals surface area contributed by atoms with Crippen LogP contribution in [0.3, 0.4) is 0 Å². The fraction of sp³-hybridized carbons (Fsp3) is 0.533. The summed E-state index contributed by atoms with van der Waals surface area (Å²) in [6.45, 7) is 2.85. The number of imidazole rings is 1. The fourth-order valence-corrected chi connectivity index (χ4v) is 2.99. The second kappa shape index (κ2) is 5.50. The lowest BCUT2D eigenvalue weighted by molar-refractivity contribution is 0.335. The molecule has 1 aliphatic rings. The van der Waals surface area contributed by atoms with Crippen LogP contribution in [0.1, 0.15) is 24.7 Å². The Labute approximate surface area is 118 Å². The highest BCUT2D eigenvalue weighted by atomic mass is 19.1. The van der Waals surface area contributed by atoms with Crippen LogP contribution in [0.4, 0.5) is 4.39 Å². The van der Waals surface area contributed by atoms with Gasteiger partial charge in [0.15, 0.2) is 0 Å². The predicted molar refractivity (Wildman–Crippen MR) is 78.2 cm³/mol. The van der Waals surface area contributed by atoms with Gasteiger partial charge in [0.05, 0.1) is 17.6 Å². The average molecular weight is 276 g/mol. The Bertz CT molecular complexity index is 599. The van der Waals surface area contributed by atoms with Crippen molar-refractivity contribution in [1.29, 1.82) is 0 Å². The highest BCUT2D eigenvalue weighted by molar-refractivity contribution is 5.76. The van der Waals surface area contributed by atoms with Crippen LogP contribution in [0.2, 0.25) is 0 Å². The molecule has 0 amide bonds. The Balaban J connectivity index is 2.09. The van der Waals surface area contributed by atoms with Gasteiger partial charge in [0, 0.05) is 12.1 Å². The zero-order chi connectivity index (χ0) is 14.1. The van der Waals surface area contributed by atoms with E-state index in [0.29, 0.717) is 6.04 Å². The first-order valence-electron chi connectivity index (χ1n) is 7.17. The van der Waals surface area contributed by atoms with Crippen LogP contribution in [-0.2, 0) is 6.54 Å². The third-order valence-corrected chi connectivity index (χ3v) is 3.86. The van der Waals surface area contributed by atoms with Gasteiger partial charge in [-0.1, -0.05) is 0 Å². The predicted octanol–water partition coefficient (Wildman–Crippen LogP) is 2.16. The molecule has 0 aliphatic carbocycles. The zero-order valence-corrected chi connectivity index (χ0v) is 12.1. The summed E-state index contributed by atoms with van der Waals surface area (Å²) in [5.41, 5.74) is 1.82. The van der Waals surface area contributed by atoms with Gasteiger partial charge in [-0.3, -0.25) is 0 Å². The molecule has 108 valence electrons. The summed E-state index contributed by atoms with van der Waals surface area (Å²) in [5.74, 6) is 0.811. The van der Waals surface area contributed by atoms with Crippen molar-refractivity contribution in [3.63, 3.8) is 0 Å². The van der Waals surface area contributed by atoms with Crippen LogP contribution in [0.5, 0.6) is 0 Å². The first-order valence-corrected chi connectivity index (χ1v) is 7.17. The molecule has 0 unspecified atom stereocenters. The molecule has 1 aliphatic heterocycles. The minimum absolute atomic E-state index is 0.219. The molecular weight excluding hydrogens is 255 g/mol. The van der Waals surface area contributed by atoms with Crippen LogP contribution >= 0.6 is 0 Å². The highest BCUT2D eigenvalue weighted by Gasteiger charge is 2.21. The molecule has 2 aromatic rings. The van der Waals surface area contributed by atoms with Gasteiger partial charge in [0.1, 0.15) is 11.6 Å². The minimum atomic E-state index is -0.219. The molecule has 1 saturated heterocycles. The number of nitrogens with zero attached hydrogens (tertiary/aromatic N) is 3. The molecule has 0 bridgehead atoms. The monoisotopic (exact) mass is 276 g/mol. The summed E-state index contributed by atoms with van der Waals surface area (Å²) >= 11 is 0. The summed E-state index contributed by atoms with van der Waals surface area (Å²) in [7, 11) is 4.07. The van der Waals surface area contributed by atoms with Crippen molar-refractivity contribution in [2.24, 2.45) is 0 Å². The maximum Gasteiger partial charge on any atom is 0.125 e. The van der Waals surface area contributed by atoms with E-state index in [9.17, 15) is 4.39 Å². The summed E-state index contributed by atoms with van der Waals surface area (Å²) in [6.07, 6.45) is 2.20. The van der Waals surface area contributed by atoms with E-state index >= 15 is 0 Å². The van der Waals surface area contributed by atoms with E-state index in [4.69, 9.17) is 0 Å². The molecule has 1 fully saturated rings. The summed E-state index contributed by atoms with van der Waals surface area (Å²) in [4.78, 5) is 6.76. The molecule has 1 N–H and O–H groups in total. The Morgan fingerprint density at radius 3 is 2.80 bits per heavy atom. The smallest absolute Gasteiger partial charge is 0.125 e. The lowest BCUT2D eigenvalue weighted by Crippen LogP contribution is -2.30. The number of halogens is 1. The molecule has 1 aromatic heterocycles. The molecule has 5 heteroatoms. The Kier molecular flexibility index (Phi) is 3.72. The molecule has 0 radical (unpaired) electrons. The van der Waals surface area contributed by atoms with Gasteiger partial charge in [-0.05, 0) is 52.2 Å². The average Bonchev–Trinajstić information content (AvgIpc) is 2.75. The molecule has 4 nitrogen and oxygen atoms in total. The first kappa shape index (κ1) is 13.5. The second-order valence-electron chi connectivity index (χ2n) is 5.75. The topological polar surface area (TPSA) is 33.1 Å². The fourth-order valence-electron chi connectivity index (χ4n) is 2.99. The lowest BCUT2D eigenvalue weighted by atomic mass is 10.1. The van der Waals surface area contributed by atoms with Gasteiger partial charge in [-0.15, -0.1) is 0 Å².